The zero-order valence-corrected chi connectivity index (χ0v) is 20.1. The number of benzene rings is 7. The minimum Gasteiger partial charge on any atom is -0.309 e. The summed E-state index contributed by atoms with van der Waals surface area (Å²) < 4.78 is 2.50. The van der Waals surface area contributed by atoms with E-state index in [4.69, 9.17) is 0 Å². The van der Waals surface area contributed by atoms with Crippen LogP contribution in [0.25, 0.3) is 82.1 Å². The van der Waals surface area contributed by atoms with Gasteiger partial charge in [-0.25, -0.2) is 0 Å². The highest BCUT2D eigenvalue weighted by atomic mass is 15.0. The van der Waals surface area contributed by atoms with Crippen molar-refractivity contribution in [3.8, 4) is 27.9 Å². The Bertz CT molecular complexity index is 2120. The molecule has 0 bridgehead atoms. The number of nitrogens with zero attached hydrogens (tertiary/aromatic N) is 1. The smallest absolute Gasteiger partial charge is 0.0547 e. The number of fused-ring (bicyclic) bond motifs is 8. The van der Waals surface area contributed by atoms with Crippen LogP contribution in [0.2, 0.25) is 0 Å². The van der Waals surface area contributed by atoms with Crippen LogP contribution >= 0.6 is 0 Å². The van der Waals surface area contributed by atoms with Gasteiger partial charge in [-0.1, -0.05) is 97.1 Å². The molecule has 0 spiro atoms. The molecule has 1 aliphatic rings. The van der Waals surface area contributed by atoms with Crippen LogP contribution in [0.5, 0.6) is 0 Å². The summed E-state index contributed by atoms with van der Waals surface area (Å²) in [6.07, 6.45) is 0. The third-order valence-electron chi connectivity index (χ3n) is 8.27. The van der Waals surface area contributed by atoms with Gasteiger partial charge in [-0.3, -0.25) is 0 Å². The van der Waals surface area contributed by atoms with Crippen molar-refractivity contribution in [2.24, 2.45) is 0 Å². The first-order valence-electron chi connectivity index (χ1n) is 12.9. The van der Waals surface area contributed by atoms with Crippen LogP contribution in [-0.2, 0) is 0 Å². The van der Waals surface area contributed by atoms with E-state index in [1.54, 1.807) is 0 Å². The molecule has 7 aromatic carbocycles. The second-order valence-electron chi connectivity index (χ2n) is 10.2. The van der Waals surface area contributed by atoms with Crippen LogP contribution in [-0.4, -0.2) is 4.57 Å². The van der Waals surface area contributed by atoms with Gasteiger partial charge < -0.3 is 4.57 Å². The van der Waals surface area contributed by atoms with Crippen LogP contribution in [0.15, 0.2) is 127 Å². The number of aromatic nitrogens is 1. The van der Waals surface area contributed by atoms with E-state index < -0.39 is 0 Å². The Morgan fingerprint density at radius 3 is 1.43 bits per heavy atom. The van der Waals surface area contributed by atoms with Gasteiger partial charge in [0.2, 0.25) is 0 Å². The molecule has 8 aromatic rings. The maximum Gasteiger partial charge on any atom is 0.0547 e. The topological polar surface area (TPSA) is 4.93 Å². The van der Waals surface area contributed by atoms with Gasteiger partial charge in [0, 0.05) is 16.2 Å². The van der Waals surface area contributed by atoms with Crippen molar-refractivity contribution in [2.75, 3.05) is 0 Å². The number of hydrogen-bond donors (Lipinski definition) is 0. The molecular weight excluding hydrogens is 446 g/mol. The fourth-order valence-corrected chi connectivity index (χ4v) is 6.64. The zero-order chi connectivity index (χ0) is 24.1. The normalized spacial score (nSPS) is 12.3. The molecule has 37 heavy (non-hydrogen) atoms. The molecular formula is C36H21N. The minimum absolute atomic E-state index is 1.24. The average Bonchev–Trinajstić information content (AvgIpc) is 3.44. The molecule has 0 N–H and O–H groups in total. The first kappa shape index (κ1) is 19.3. The molecule has 1 aliphatic carbocycles. The van der Waals surface area contributed by atoms with Crippen molar-refractivity contribution >= 4 is 54.1 Å². The van der Waals surface area contributed by atoms with Crippen molar-refractivity contribution in [1.82, 2.24) is 4.57 Å². The van der Waals surface area contributed by atoms with E-state index in [-0.39, 0.29) is 0 Å². The quantitative estimate of drug-likeness (QED) is 0.226. The number of hydrogen-bond acceptors (Lipinski definition) is 0. The van der Waals surface area contributed by atoms with E-state index in [2.05, 4.69) is 132 Å². The SMILES string of the molecule is c1ccc2c(c1)-c1cccc3c(-n4c5cc6ccccc6cc5c5cc6ccccc6cc54)ccc-2c13. The summed E-state index contributed by atoms with van der Waals surface area (Å²) in [6, 6.07) is 47.1. The predicted molar refractivity (Wildman–Crippen MR) is 158 cm³/mol. The standard InChI is InChI=1S/C36H21N/c1-3-10-24-20-34-31(18-22(24)8-1)32-19-23-9-2-4-11-25(23)21-35(32)37(34)33-17-16-29-27-13-6-5-12-26(27)28-14-7-15-30(33)36(28)29/h1-21H. The van der Waals surface area contributed by atoms with E-state index in [9.17, 15) is 0 Å². The van der Waals surface area contributed by atoms with Gasteiger partial charge in [0.1, 0.15) is 0 Å². The lowest BCUT2D eigenvalue weighted by Gasteiger charge is -2.14. The predicted octanol–water partition coefficient (Wildman–Crippen LogP) is 9.89. The zero-order valence-electron chi connectivity index (χ0n) is 20.1. The third kappa shape index (κ3) is 2.48. The molecule has 1 heteroatoms. The summed E-state index contributed by atoms with van der Waals surface area (Å²) in [5, 5.41) is 10.3. The van der Waals surface area contributed by atoms with Crippen LogP contribution in [0.1, 0.15) is 0 Å². The molecule has 0 unspecified atom stereocenters. The maximum absolute atomic E-state index is 2.50. The van der Waals surface area contributed by atoms with Crippen LogP contribution in [0.3, 0.4) is 0 Å². The Kier molecular flexibility index (Phi) is 3.59. The summed E-state index contributed by atoms with van der Waals surface area (Å²) >= 11 is 0. The Labute approximate surface area is 213 Å². The third-order valence-corrected chi connectivity index (χ3v) is 8.27. The molecule has 0 aliphatic heterocycles. The second-order valence-corrected chi connectivity index (χ2v) is 10.2. The van der Waals surface area contributed by atoms with E-state index in [0.717, 1.165) is 0 Å². The van der Waals surface area contributed by atoms with Gasteiger partial charge in [-0.2, -0.15) is 0 Å². The van der Waals surface area contributed by atoms with Crippen LogP contribution < -0.4 is 0 Å². The van der Waals surface area contributed by atoms with E-state index >= 15 is 0 Å². The lowest BCUT2D eigenvalue weighted by molar-refractivity contribution is 1.20. The highest BCUT2D eigenvalue weighted by molar-refractivity contribution is 6.20. The molecule has 0 amide bonds. The first-order chi connectivity index (χ1) is 18.3. The van der Waals surface area contributed by atoms with E-state index in [1.807, 2.05) is 0 Å². The molecule has 0 fully saturated rings. The molecule has 170 valence electrons. The van der Waals surface area contributed by atoms with E-state index in [0.29, 0.717) is 0 Å². The lowest BCUT2D eigenvalue weighted by Crippen LogP contribution is -1.96. The van der Waals surface area contributed by atoms with Gasteiger partial charge in [-0.15, -0.1) is 0 Å². The Balaban J connectivity index is 1.48. The largest absolute Gasteiger partial charge is 0.309 e. The highest BCUT2D eigenvalue weighted by Crippen LogP contribution is 2.49. The van der Waals surface area contributed by atoms with Crippen molar-refractivity contribution in [2.45, 2.75) is 0 Å². The summed E-state index contributed by atoms with van der Waals surface area (Å²) in [5.74, 6) is 0. The summed E-state index contributed by atoms with van der Waals surface area (Å²) in [6.45, 7) is 0. The molecule has 1 nitrogen and oxygen atoms in total. The molecule has 0 saturated carbocycles. The fraction of sp³-hybridized carbons (Fsp3) is 0. The highest BCUT2D eigenvalue weighted by Gasteiger charge is 2.23. The minimum atomic E-state index is 1.24. The molecule has 0 atom stereocenters. The van der Waals surface area contributed by atoms with Gasteiger partial charge in [0.25, 0.3) is 0 Å². The average molecular weight is 468 g/mol. The van der Waals surface area contributed by atoms with Crippen molar-refractivity contribution in [1.29, 1.82) is 0 Å². The van der Waals surface area contributed by atoms with Crippen LogP contribution in [0, 0.1) is 0 Å². The monoisotopic (exact) mass is 467 g/mol. The summed E-state index contributed by atoms with van der Waals surface area (Å²) in [7, 11) is 0. The van der Waals surface area contributed by atoms with Gasteiger partial charge in [0.05, 0.1) is 16.7 Å². The Morgan fingerprint density at radius 2 is 0.838 bits per heavy atom. The first-order valence-corrected chi connectivity index (χ1v) is 12.9. The molecule has 0 radical (unpaired) electrons. The summed E-state index contributed by atoms with van der Waals surface area (Å²) in [5.41, 5.74) is 9.07. The Morgan fingerprint density at radius 1 is 0.351 bits per heavy atom. The van der Waals surface area contributed by atoms with Gasteiger partial charge in [0.15, 0.2) is 0 Å². The lowest BCUT2D eigenvalue weighted by atomic mass is 10.0. The Hall–Kier alpha value is -4.88. The molecule has 0 saturated heterocycles. The molecule has 1 heterocycles. The number of rotatable bonds is 1. The van der Waals surface area contributed by atoms with Gasteiger partial charge in [-0.05, 0) is 79.5 Å². The van der Waals surface area contributed by atoms with Crippen molar-refractivity contribution in [3.05, 3.63) is 127 Å². The van der Waals surface area contributed by atoms with E-state index in [1.165, 1.54) is 82.1 Å². The maximum atomic E-state index is 2.50. The second kappa shape index (κ2) is 6.87. The van der Waals surface area contributed by atoms with Crippen molar-refractivity contribution < 1.29 is 0 Å². The van der Waals surface area contributed by atoms with Gasteiger partial charge >= 0.3 is 0 Å². The molecule has 9 rings (SSSR count). The fourth-order valence-electron chi connectivity index (χ4n) is 6.64. The van der Waals surface area contributed by atoms with Crippen molar-refractivity contribution in [3.63, 3.8) is 0 Å². The molecule has 1 aromatic heterocycles. The summed E-state index contributed by atoms with van der Waals surface area (Å²) in [4.78, 5) is 0. The van der Waals surface area contributed by atoms with Crippen LogP contribution in [0.4, 0.5) is 0 Å².